The minimum Gasteiger partial charge on any atom is -0.465 e. The van der Waals surface area contributed by atoms with Crippen LogP contribution in [0.1, 0.15) is 46.0 Å². The van der Waals surface area contributed by atoms with Gasteiger partial charge in [0.1, 0.15) is 0 Å². The van der Waals surface area contributed by atoms with Crippen LogP contribution in [0.3, 0.4) is 0 Å². The average Bonchev–Trinajstić information content (AvgIpc) is 3.21. The smallest absolute Gasteiger partial charge is 0.339 e. The Morgan fingerprint density at radius 2 is 1.68 bits per heavy atom. The molecule has 178 valence electrons. The molecular formula is C24H26N4O5S. The summed E-state index contributed by atoms with van der Waals surface area (Å²) >= 11 is 1.20. The van der Waals surface area contributed by atoms with Crippen molar-refractivity contribution in [1.82, 2.24) is 14.8 Å². The summed E-state index contributed by atoms with van der Waals surface area (Å²) in [4.78, 5) is 36.5. The predicted octanol–water partition coefficient (Wildman–Crippen LogP) is 3.91. The fourth-order valence-electron chi connectivity index (χ4n) is 3.21. The number of nitrogens with zero attached hydrogens (tertiary/aromatic N) is 3. The van der Waals surface area contributed by atoms with Gasteiger partial charge in [0.15, 0.2) is 11.0 Å². The van der Waals surface area contributed by atoms with Crippen molar-refractivity contribution in [2.24, 2.45) is 7.05 Å². The van der Waals surface area contributed by atoms with E-state index in [0.29, 0.717) is 16.9 Å². The molecule has 0 fully saturated rings. The highest BCUT2D eigenvalue weighted by molar-refractivity contribution is 7.99. The molecule has 1 N–H and O–H groups in total. The molecule has 3 aromatic rings. The summed E-state index contributed by atoms with van der Waals surface area (Å²) in [5, 5.41) is 11.7. The topological polar surface area (TPSA) is 112 Å². The molecule has 0 radical (unpaired) electrons. The number of nitrogens with one attached hydrogen (secondary N) is 1. The number of methoxy groups -OCH3 is 2. The third-order valence-corrected chi connectivity index (χ3v) is 6.14. The van der Waals surface area contributed by atoms with Crippen LogP contribution in [0.25, 0.3) is 11.4 Å². The maximum atomic E-state index is 12.6. The molecule has 1 amide bonds. The van der Waals surface area contributed by atoms with E-state index in [-0.39, 0.29) is 28.5 Å². The number of ether oxygens (including phenoxy) is 2. The molecule has 0 spiro atoms. The number of amides is 1. The van der Waals surface area contributed by atoms with Crippen LogP contribution in [0.5, 0.6) is 0 Å². The standard InChI is InChI=1S/C24H26N4O5S/c1-14(2)15-6-8-16(9-7-15)21-26-27-24(28(21)3)34-13-20(29)25-19-12-17(22(30)32-4)10-11-18(19)23(31)33-5/h6-12,14H,13H2,1-5H3,(H,25,29). The molecule has 0 saturated carbocycles. The Balaban J connectivity index is 1.72. The summed E-state index contributed by atoms with van der Waals surface area (Å²) in [6, 6.07) is 12.3. The fourth-order valence-corrected chi connectivity index (χ4v) is 3.92. The molecule has 34 heavy (non-hydrogen) atoms. The second kappa shape index (κ2) is 11.0. The van der Waals surface area contributed by atoms with E-state index in [1.54, 1.807) is 0 Å². The second-order valence-electron chi connectivity index (χ2n) is 7.72. The fraction of sp³-hybridized carbons (Fsp3) is 0.292. The van der Waals surface area contributed by atoms with Crippen LogP contribution in [-0.4, -0.2) is 52.6 Å². The maximum absolute atomic E-state index is 12.6. The number of esters is 2. The average molecular weight is 483 g/mol. The summed E-state index contributed by atoms with van der Waals surface area (Å²) in [6.45, 7) is 4.27. The highest BCUT2D eigenvalue weighted by Crippen LogP contribution is 2.25. The molecular weight excluding hydrogens is 456 g/mol. The van der Waals surface area contributed by atoms with E-state index in [9.17, 15) is 14.4 Å². The zero-order valence-corrected chi connectivity index (χ0v) is 20.4. The second-order valence-corrected chi connectivity index (χ2v) is 8.66. The summed E-state index contributed by atoms with van der Waals surface area (Å²) in [5.74, 6) is -0.470. The summed E-state index contributed by atoms with van der Waals surface area (Å²) in [7, 11) is 4.32. The van der Waals surface area contributed by atoms with E-state index in [2.05, 4.69) is 41.5 Å². The number of rotatable bonds is 8. The molecule has 1 aromatic heterocycles. The summed E-state index contributed by atoms with van der Waals surface area (Å²) < 4.78 is 11.3. The van der Waals surface area contributed by atoms with Crippen LogP contribution >= 0.6 is 11.8 Å². The molecule has 0 aliphatic heterocycles. The molecule has 1 heterocycles. The van der Waals surface area contributed by atoms with Crippen LogP contribution in [0.2, 0.25) is 0 Å². The molecule has 9 nitrogen and oxygen atoms in total. The van der Waals surface area contributed by atoms with Crippen molar-refractivity contribution in [2.45, 2.75) is 24.9 Å². The van der Waals surface area contributed by atoms with Crippen molar-refractivity contribution >= 4 is 35.3 Å². The minimum absolute atomic E-state index is 0.0152. The molecule has 0 bridgehead atoms. The third-order valence-electron chi connectivity index (χ3n) is 5.12. The maximum Gasteiger partial charge on any atom is 0.339 e. The van der Waals surface area contributed by atoms with Crippen LogP contribution in [0, 0.1) is 0 Å². The van der Waals surface area contributed by atoms with E-state index in [1.807, 2.05) is 23.7 Å². The normalized spacial score (nSPS) is 10.8. The van der Waals surface area contributed by atoms with Crippen LogP contribution in [0.4, 0.5) is 5.69 Å². The van der Waals surface area contributed by atoms with E-state index >= 15 is 0 Å². The lowest BCUT2D eigenvalue weighted by atomic mass is 10.0. The van der Waals surface area contributed by atoms with Crippen molar-refractivity contribution in [3.05, 3.63) is 59.2 Å². The summed E-state index contributed by atoms with van der Waals surface area (Å²) in [5.41, 5.74) is 2.64. The van der Waals surface area contributed by atoms with Gasteiger partial charge in [0.05, 0.1) is 36.8 Å². The summed E-state index contributed by atoms with van der Waals surface area (Å²) in [6.07, 6.45) is 0. The van der Waals surface area contributed by atoms with Crippen molar-refractivity contribution < 1.29 is 23.9 Å². The first-order chi connectivity index (χ1) is 16.2. The molecule has 0 unspecified atom stereocenters. The van der Waals surface area contributed by atoms with Gasteiger partial charge in [-0.3, -0.25) is 4.79 Å². The molecule has 0 atom stereocenters. The number of hydrogen-bond donors (Lipinski definition) is 1. The molecule has 0 saturated heterocycles. The number of anilines is 1. The van der Waals surface area contributed by atoms with Crippen LogP contribution in [0.15, 0.2) is 47.6 Å². The molecule has 2 aromatic carbocycles. The zero-order valence-electron chi connectivity index (χ0n) is 19.6. The van der Waals surface area contributed by atoms with E-state index < -0.39 is 11.9 Å². The highest BCUT2D eigenvalue weighted by atomic mass is 32.2. The molecule has 0 aliphatic carbocycles. The number of benzene rings is 2. The van der Waals surface area contributed by atoms with Crippen LogP contribution in [-0.2, 0) is 21.3 Å². The van der Waals surface area contributed by atoms with Gasteiger partial charge in [-0.25, -0.2) is 9.59 Å². The van der Waals surface area contributed by atoms with Gasteiger partial charge in [-0.1, -0.05) is 49.9 Å². The highest BCUT2D eigenvalue weighted by Gasteiger charge is 2.18. The Labute approximate surface area is 201 Å². The number of thioether (sulfide) groups is 1. The van der Waals surface area contributed by atoms with Gasteiger partial charge in [0.25, 0.3) is 0 Å². The predicted molar refractivity (Wildman–Crippen MR) is 129 cm³/mol. The van der Waals surface area contributed by atoms with Gasteiger partial charge in [-0.05, 0) is 29.7 Å². The van der Waals surface area contributed by atoms with E-state index in [0.717, 1.165) is 5.56 Å². The van der Waals surface area contributed by atoms with Crippen molar-refractivity contribution in [1.29, 1.82) is 0 Å². The Morgan fingerprint density at radius 1 is 1.00 bits per heavy atom. The first-order valence-electron chi connectivity index (χ1n) is 10.5. The Morgan fingerprint density at radius 3 is 2.29 bits per heavy atom. The number of hydrogen-bond acceptors (Lipinski definition) is 8. The lowest BCUT2D eigenvalue weighted by Gasteiger charge is -2.11. The van der Waals surface area contributed by atoms with Crippen molar-refractivity contribution in [2.75, 3.05) is 25.3 Å². The Hall–Kier alpha value is -3.66. The first kappa shape index (κ1) is 25.0. The Kier molecular flexibility index (Phi) is 8.06. The lowest BCUT2D eigenvalue weighted by Crippen LogP contribution is -2.18. The Bertz CT molecular complexity index is 1200. The van der Waals surface area contributed by atoms with Crippen molar-refractivity contribution in [3.8, 4) is 11.4 Å². The largest absolute Gasteiger partial charge is 0.465 e. The molecule has 3 rings (SSSR count). The zero-order chi connectivity index (χ0) is 24.8. The van der Waals surface area contributed by atoms with Gasteiger partial charge in [0.2, 0.25) is 5.91 Å². The van der Waals surface area contributed by atoms with Gasteiger partial charge in [-0.15, -0.1) is 10.2 Å². The first-order valence-corrected chi connectivity index (χ1v) is 11.5. The molecule has 10 heteroatoms. The van der Waals surface area contributed by atoms with Gasteiger partial charge < -0.3 is 19.4 Å². The number of carbonyl (C=O) groups excluding carboxylic acids is 3. The van der Waals surface area contributed by atoms with E-state index in [1.165, 1.54) is 49.7 Å². The lowest BCUT2D eigenvalue weighted by molar-refractivity contribution is -0.113. The van der Waals surface area contributed by atoms with Gasteiger partial charge >= 0.3 is 11.9 Å². The molecule has 0 aliphatic rings. The third kappa shape index (κ3) is 5.63. The monoisotopic (exact) mass is 482 g/mol. The number of aromatic nitrogens is 3. The number of carbonyl (C=O) groups is 3. The minimum atomic E-state index is -0.638. The van der Waals surface area contributed by atoms with E-state index in [4.69, 9.17) is 9.47 Å². The van der Waals surface area contributed by atoms with Gasteiger partial charge in [0, 0.05) is 12.6 Å². The van der Waals surface area contributed by atoms with Crippen LogP contribution < -0.4 is 5.32 Å². The van der Waals surface area contributed by atoms with Crippen molar-refractivity contribution in [3.63, 3.8) is 0 Å². The quantitative estimate of drug-likeness (QED) is 0.380. The SMILES string of the molecule is COC(=O)c1ccc(C(=O)OC)c(NC(=O)CSc2nnc(-c3ccc(C(C)C)cc3)n2C)c1. The van der Waals surface area contributed by atoms with Gasteiger partial charge in [-0.2, -0.15) is 0 Å².